The van der Waals surface area contributed by atoms with Crippen LogP contribution in [0.2, 0.25) is 0 Å². The molecule has 0 saturated heterocycles. The van der Waals surface area contributed by atoms with Crippen molar-refractivity contribution in [3.63, 3.8) is 0 Å². The topological polar surface area (TPSA) is 70.2 Å². The minimum atomic E-state index is -0.363. The molecule has 2 amide bonds. The zero-order valence-electron chi connectivity index (χ0n) is 16.0. The number of halogens is 1. The second kappa shape index (κ2) is 9.50. The van der Waals surface area contributed by atoms with E-state index in [1.54, 1.807) is 24.3 Å². The molecule has 5 nitrogen and oxygen atoms in total. The molecule has 6 heteroatoms. The molecule has 3 N–H and O–H groups in total. The lowest BCUT2D eigenvalue weighted by Crippen LogP contribution is -2.26. The molecule has 0 saturated carbocycles. The van der Waals surface area contributed by atoms with Crippen molar-refractivity contribution in [3.8, 4) is 0 Å². The first-order valence-corrected chi connectivity index (χ1v) is 9.26. The van der Waals surface area contributed by atoms with E-state index in [1.165, 1.54) is 24.3 Å². The second-order valence-electron chi connectivity index (χ2n) is 6.60. The van der Waals surface area contributed by atoms with Gasteiger partial charge in [-0.2, -0.15) is 0 Å². The summed E-state index contributed by atoms with van der Waals surface area (Å²) in [5.74, 6) is -0.831. The van der Waals surface area contributed by atoms with Crippen LogP contribution >= 0.6 is 0 Å². The van der Waals surface area contributed by atoms with E-state index in [9.17, 15) is 14.0 Å². The number of amides is 2. The molecule has 0 aromatic heterocycles. The van der Waals surface area contributed by atoms with Gasteiger partial charge in [-0.25, -0.2) is 4.39 Å². The van der Waals surface area contributed by atoms with E-state index >= 15 is 0 Å². The van der Waals surface area contributed by atoms with Crippen molar-refractivity contribution in [1.29, 1.82) is 0 Å². The second-order valence-corrected chi connectivity index (χ2v) is 6.60. The summed E-state index contributed by atoms with van der Waals surface area (Å²) in [5, 5.41) is 8.63. The highest BCUT2D eigenvalue weighted by atomic mass is 19.1. The van der Waals surface area contributed by atoms with Gasteiger partial charge in [0.2, 0.25) is 5.91 Å². The number of anilines is 2. The van der Waals surface area contributed by atoms with Crippen LogP contribution in [0.4, 0.5) is 15.8 Å². The molecule has 3 rings (SSSR count). The molecular weight excluding hydrogens is 369 g/mol. The third-order valence-electron chi connectivity index (χ3n) is 4.35. The number of rotatable bonds is 7. The number of nitrogens with one attached hydrogen (secondary N) is 3. The summed E-state index contributed by atoms with van der Waals surface area (Å²) in [5.41, 5.74) is 2.69. The molecule has 0 heterocycles. The maximum atomic E-state index is 12.9. The standard InChI is InChI=1S/C23H22FN3O2/c1-16(17-6-3-2-4-7-17)26-23(29)18-8-5-9-21(14-18)25-15-22(28)27-20-12-10-19(24)11-13-20/h2-14,16,25H,15H2,1H3,(H,26,29)(H,27,28). The summed E-state index contributed by atoms with van der Waals surface area (Å²) in [7, 11) is 0. The van der Waals surface area contributed by atoms with Gasteiger partial charge in [0.15, 0.2) is 0 Å². The lowest BCUT2D eigenvalue weighted by Gasteiger charge is -2.15. The Kier molecular flexibility index (Phi) is 6.58. The van der Waals surface area contributed by atoms with Crippen molar-refractivity contribution in [3.05, 3.63) is 95.8 Å². The zero-order chi connectivity index (χ0) is 20.6. The van der Waals surface area contributed by atoms with Gasteiger partial charge >= 0.3 is 0 Å². The van der Waals surface area contributed by atoms with E-state index in [-0.39, 0.29) is 30.2 Å². The minimum absolute atomic E-state index is 0.0167. The fourth-order valence-electron chi connectivity index (χ4n) is 2.80. The third kappa shape index (κ3) is 5.90. The van der Waals surface area contributed by atoms with Gasteiger partial charge in [-0.15, -0.1) is 0 Å². The highest BCUT2D eigenvalue weighted by Gasteiger charge is 2.12. The van der Waals surface area contributed by atoms with E-state index in [0.717, 1.165) is 5.56 Å². The Balaban J connectivity index is 1.55. The molecule has 1 unspecified atom stereocenters. The molecule has 0 radical (unpaired) electrons. The monoisotopic (exact) mass is 391 g/mol. The zero-order valence-corrected chi connectivity index (χ0v) is 16.0. The van der Waals surface area contributed by atoms with Crippen LogP contribution in [0.25, 0.3) is 0 Å². The van der Waals surface area contributed by atoms with Crippen molar-refractivity contribution in [2.24, 2.45) is 0 Å². The van der Waals surface area contributed by atoms with Gasteiger partial charge in [0.25, 0.3) is 5.91 Å². The van der Waals surface area contributed by atoms with E-state index in [2.05, 4.69) is 16.0 Å². The van der Waals surface area contributed by atoms with Gasteiger partial charge < -0.3 is 16.0 Å². The molecule has 0 aliphatic rings. The Bertz CT molecular complexity index is 975. The van der Waals surface area contributed by atoms with Crippen LogP contribution in [0.5, 0.6) is 0 Å². The lowest BCUT2D eigenvalue weighted by atomic mass is 10.1. The average molecular weight is 391 g/mol. The van der Waals surface area contributed by atoms with Gasteiger partial charge in [0.05, 0.1) is 12.6 Å². The number of carbonyl (C=O) groups is 2. The highest BCUT2D eigenvalue weighted by Crippen LogP contribution is 2.15. The van der Waals surface area contributed by atoms with Gasteiger partial charge in [0.1, 0.15) is 5.82 Å². The number of hydrogen-bond acceptors (Lipinski definition) is 3. The fraction of sp³-hybridized carbons (Fsp3) is 0.130. The first-order valence-electron chi connectivity index (χ1n) is 9.26. The third-order valence-corrected chi connectivity index (χ3v) is 4.35. The Morgan fingerprint density at radius 3 is 2.34 bits per heavy atom. The van der Waals surface area contributed by atoms with Gasteiger partial charge in [-0.1, -0.05) is 36.4 Å². The van der Waals surface area contributed by atoms with Crippen LogP contribution in [0.1, 0.15) is 28.9 Å². The maximum Gasteiger partial charge on any atom is 0.251 e. The Morgan fingerprint density at radius 1 is 0.897 bits per heavy atom. The molecule has 0 spiro atoms. The van der Waals surface area contributed by atoms with Crippen LogP contribution in [0.3, 0.4) is 0 Å². The average Bonchev–Trinajstić information content (AvgIpc) is 2.74. The van der Waals surface area contributed by atoms with Crippen molar-refractivity contribution in [1.82, 2.24) is 5.32 Å². The molecule has 0 aliphatic heterocycles. The molecule has 1 atom stereocenters. The first-order chi connectivity index (χ1) is 14.0. The summed E-state index contributed by atoms with van der Waals surface area (Å²) < 4.78 is 12.9. The maximum absolute atomic E-state index is 12.9. The van der Waals surface area contributed by atoms with Crippen molar-refractivity contribution < 1.29 is 14.0 Å². The smallest absolute Gasteiger partial charge is 0.251 e. The molecule has 0 bridgehead atoms. The predicted molar refractivity (Wildman–Crippen MR) is 112 cm³/mol. The molecule has 29 heavy (non-hydrogen) atoms. The SMILES string of the molecule is CC(NC(=O)c1cccc(NCC(=O)Nc2ccc(F)cc2)c1)c1ccccc1. The van der Waals surface area contributed by atoms with Crippen LogP contribution in [-0.2, 0) is 4.79 Å². The lowest BCUT2D eigenvalue weighted by molar-refractivity contribution is -0.114. The summed E-state index contributed by atoms with van der Waals surface area (Å²) in [4.78, 5) is 24.6. The molecular formula is C23H22FN3O2. The van der Waals surface area contributed by atoms with E-state index < -0.39 is 0 Å². The minimum Gasteiger partial charge on any atom is -0.376 e. The normalized spacial score (nSPS) is 11.4. The van der Waals surface area contributed by atoms with Crippen molar-refractivity contribution >= 4 is 23.2 Å². The van der Waals surface area contributed by atoms with Gasteiger partial charge in [-0.3, -0.25) is 9.59 Å². The molecule has 148 valence electrons. The number of benzene rings is 3. The summed E-state index contributed by atoms with van der Waals surface area (Å²) in [6.45, 7) is 1.94. The molecule has 0 aliphatic carbocycles. The number of carbonyl (C=O) groups excluding carboxylic acids is 2. The predicted octanol–water partition coefficient (Wildman–Crippen LogP) is 4.37. The van der Waals surface area contributed by atoms with Crippen molar-refractivity contribution in [2.45, 2.75) is 13.0 Å². The molecule has 3 aromatic carbocycles. The largest absolute Gasteiger partial charge is 0.376 e. The Morgan fingerprint density at radius 2 is 1.62 bits per heavy atom. The molecule has 3 aromatic rings. The van der Waals surface area contributed by atoms with E-state index in [4.69, 9.17) is 0 Å². The quantitative estimate of drug-likeness (QED) is 0.560. The van der Waals surface area contributed by atoms with Crippen molar-refractivity contribution in [2.75, 3.05) is 17.2 Å². The Labute approximate surface area is 169 Å². The van der Waals surface area contributed by atoms with Gasteiger partial charge in [-0.05, 0) is 55.0 Å². The van der Waals surface area contributed by atoms with Crippen LogP contribution < -0.4 is 16.0 Å². The number of hydrogen-bond donors (Lipinski definition) is 3. The highest BCUT2D eigenvalue weighted by molar-refractivity contribution is 5.96. The summed E-state index contributed by atoms with van der Waals surface area (Å²) in [6.07, 6.45) is 0. The van der Waals surface area contributed by atoms with Gasteiger partial charge in [0, 0.05) is 16.9 Å². The summed E-state index contributed by atoms with van der Waals surface area (Å²) >= 11 is 0. The van der Waals surface area contributed by atoms with E-state index in [1.807, 2.05) is 37.3 Å². The Hall–Kier alpha value is -3.67. The summed E-state index contributed by atoms with van der Waals surface area (Å²) in [6, 6.07) is 22.1. The van der Waals surface area contributed by atoms with E-state index in [0.29, 0.717) is 16.9 Å². The van der Waals surface area contributed by atoms with Crippen LogP contribution in [0.15, 0.2) is 78.9 Å². The first kappa shape index (κ1) is 20.1. The van der Waals surface area contributed by atoms with Crippen LogP contribution in [0, 0.1) is 5.82 Å². The van der Waals surface area contributed by atoms with Crippen LogP contribution in [-0.4, -0.2) is 18.4 Å². The molecule has 0 fully saturated rings. The fourth-order valence-corrected chi connectivity index (χ4v) is 2.80.